The largest absolute Gasteiger partial charge is 0.369 e. The first-order valence-electron chi connectivity index (χ1n) is 9.56. The molecule has 0 saturated carbocycles. The number of hydrogen-bond donors (Lipinski definition) is 0. The number of nitrogens with zero attached hydrogens (tertiary/aromatic N) is 3. The molecule has 2 aromatic rings. The van der Waals surface area contributed by atoms with E-state index in [0.29, 0.717) is 31.2 Å². The van der Waals surface area contributed by atoms with Crippen molar-refractivity contribution in [2.45, 2.75) is 24.2 Å². The monoisotopic (exact) mass is 433 g/mol. The Bertz CT molecular complexity index is 1060. The van der Waals surface area contributed by atoms with Crippen LogP contribution in [0.2, 0.25) is 5.02 Å². The summed E-state index contributed by atoms with van der Waals surface area (Å²) in [6, 6.07) is 12.6. The van der Waals surface area contributed by atoms with E-state index in [1.807, 2.05) is 38.1 Å². The van der Waals surface area contributed by atoms with Crippen molar-refractivity contribution in [2.24, 2.45) is 0 Å². The van der Waals surface area contributed by atoms with E-state index in [0.717, 1.165) is 16.9 Å². The molecule has 1 fully saturated rings. The first kappa shape index (κ1) is 20.2. The van der Waals surface area contributed by atoms with Crippen LogP contribution < -0.4 is 9.80 Å². The lowest BCUT2D eigenvalue weighted by molar-refractivity contribution is -0.121. The van der Waals surface area contributed by atoms with Gasteiger partial charge < -0.3 is 9.80 Å². The zero-order chi connectivity index (χ0) is 21.0. The molecule has 0 radical (unpaired) electrons. The highest BCUT2D eigenvalue weighted by Gasteiger charge is 2.43. The van der Waals surface area contributed by atoms with Crippen LogP contribution in [0.25, 0.3) is 0 Å². The van der Waals surface area contributed by atoms with Gasteiger partial charge in [0.1, 0.15) is 0 Å². The Kier molecular flexibility index (Phi) is 4.88. The van der Waals surface area contributed by atoms with Gasteiger partial charge in [0.05, 0.1) is 10.3 Å². The molecule has 1 saturated heterocycles. The minimum Gasteiger partial charge on any atom is -0.369 e. The Balaban J connectivity index is 1.55. The minimum absolute atomic E-state index is 0.0290. The molecule has 2 aliphatic rings. The molecule has 0 aromatic heterocycles. The number of hydrogen-bond acceptors (Lipinski definition) is 4. The number of fused-ring (bicyclic) bond motifs is 1. The van der Waals surface area contributed by atoms with Gasteiger partial charge in [-0.05, 0) is 61.9 Å². The number of anilines is 2. The molecular weight excluding hydrogens is 410 g/mol. The fourth-order valence-corrected chi connectivity index (χ4v) is 5.68. The number of piperazine rings is 1. The van der Waals surface area contributed by atoms with Gasteiger partial charge in [-0.3, -0.25) is 4.79 Å². The zero-order valence-electron chi connectivity index (χ0n) is 16.7. The van der Waals surface area contributed by atoms with E-state index in [1.54, 1.807) is 30.1 Å². The molecule has 4 rings (SSSR count). The number of sulfonamides is 1. The number of benzene rings is 2. The Morgan fingerprint density at radius 3 is 2.21 bits per heavy atom. The lowest BCUT2D eigenvalue weighted by atomic mass is 9.86. The fourth-order valence-electron chi connectivity index (χ4n) is 4.10. The van der Waals surface area contributed by atoms with Crippen molar-refractivity contribution < 1.29 is 13.2 Å². The van der Waals surface area contributed by atoms with Crippen LogP contribution in [0.5, 0.6) is 0 Å². The van der Waals surface area contributed by atoms with Crippen LogP contribution in [0.15, 0.2) is 47.4 Å². The van der Waals surface area contributed by atoms with Gasteiger partial charge >= 0.3 is 0 Å². The maximum absolute atomic E-state index is 13.2. The quantitative estimate of drug-likeness (QED) is 0.746. The maximum Gasteiger partial charge on any atom is 0.243 e. The molecule has 0 spiro atoms. The van der Waals surface area contributed by atoms with Crippen LogP contribution in [0.1, 0.15) is 19.4 Å². The number of carbonyl (C=O) groups excluding carboxylic acids is 1. The molecule has 0 atom stereocenters. The minimum atomic E-state index is -3.63. The van der Waals surface area contributed by atoms with E-state index in [1.165, 1.54) is 4.31 Å². The number of likely N-dealkylation sites (N-methyl/N-ethyl adjacent to an activating group) is 1. The van der Waals surface area contributed by atoms with Crippen molar-refractivity contribution in [3.63, 3.8) is 0 Å². The molecule has 1 amide bonds. The van der Waals surface area contributed by atoms with Gasteiger partial charge in [-0.25, -0.2) is 8.42 Å². The highest BCUT2D eigenvalue weighted by Crippen LogP contribution is 2.42. The molecular formula is C21H24ClN3O3S. The van der Waals surface area contributed by atoms with E-state index < -0.39 is 15.4 Å². The topological polar surface area (TPSA) is 60.9 Å². The molecule has 0 aliphatic carbocycles. The second kappa shape index (κ2) is 7.00. The molecule has 0 bridgehead atoms. The van der Waals surface area contributed by atoms with Crippen LogP contribution in [0.4, 0.5) is 11.4 Å². The lowest BCUT2D eigenvalue weighted by Gasteiger charge is -2.35. The van der Waals surface area contributed by atoms with E-state index in [2.05, 4.69) is 4.90 Å². The first-order valence-corrected chi connectivity index (χ1v) is 11.4. The van der Waals surface area contributed by atoms with E-state index >= 15 is 0 Å². The highest BCUT2D eigenvalue weighted by atomic mass is 35.5. The Labute approximate surface area is 176 Å². The summed E-state index contributed by atoms with van der Waals surface area (Å²) < 4.78 is 28.0. The van der Waals surface area contributed by atoms with Crippen molar-refractivity contribution in [1.82, 2.24) is 4.31 Å². The van der Waals surface area contributed by atoms with E-state index in [9.17, 15) is 13.2 Å². The zero-order valence-corrected chi connectivity index (χ0v) is 18.3. The number of rotatable bonds is 3. The summed E-state index contributed by atoms with van der Waals surface area (Å²) in [5.41, 5.74) is 1.83. The molecule has 0 N–H and O–H groups in total. The predicted octanol–water partition coefficient (Wildman–Crippen LogP) is 3.10. The summed E-state index contributed by atoms with van der Waals surface area (Å²) in [4.78, 5) is 16.5. The summed E-state index contributed by atoms with van der Waals surface area (Å²) in [6.07, 6.45) is 0. The molecule has 6 nitrogen and oxygen atoms in total. The van der Waals surface area contributed by atoms with Crippen LogP contribution in [0.3, 0.4) is 0 Å². The normalized spacial score (nSPS) is 19.5. The summed E-state index contributed by atoms with van der Waals surface area (Å²) >= 11 is 5.95. The molecule has 2 heterocycles. The van der Waals surface area contributed by atoms with Crippen LogP contribution in [-0.2, 0) is 20.2 Å². The third-order valence-electron chi connectivity index (χ3n) is 5.91. The summed E-state index contributed by atoms with van der Waals surface area (Å²) in [6.45, 7) is 5.70. The third-order valence-corrected chi connectivity index (χ3v) is 8.06. The van der Waals surface area contributed by atoms with Crippen molar-refractivity contribution in [3.05, 3.63) is 53.1 Å². The van der Waals surface area contributed by atoms with Crippen LogP contribution in [0, 0.1) is 0 Å². The number of halogens is 1. The molecule has 8 heteroatoms. The predicted molar refractivity (Wildman–Crippen MR) is 115 cm³/mol. The van der Waals surface area contributed by atoms with Gasteiger partial charge in [-0.15, -0.1) is 0 Å². The third kappa shape index (κ3) is 3.31. The average molecular weight is 434 g/mol. The molecule has 2 aromatic carbocycles. The Morgan fingerprint density at radius 2 is 1.59 bits per heavy atom. The maximum atomic E-state index is 13.2. The number of carbonyl (C=O) groups is 1. The Morgan fingerprint density at radius 1 is 0.966 bits per heavy atom. The van der Waals surface area contributed by atoms with Gasteiger partial charge in [0, 0.05) is 49.6 Å². The van der Waals surface area contributed by atoms with Gasteiger partial charge in [0.25, 0.3) is 0 Å². The van der Waals surface area contributed by atoms with E-state index in [-0.39, 0.29) is 10.8 Å². The lowest BCUT2D eigenvalue weighted by Crippen LogP contribution is -2.48. The van der Waals surface area contributed by atoms with Gasteiger partial charge in [0.15, 0.2) is 0 Å². The highest BCUT2D eigenvalue weighted by molar-refractivity contribution is 7.89. The molecule has 29 heavy (non-hydrogen) atoms. The second-order valence-corrected chi connectivity index (χ2v) is 10.4. The SMILES string of the molecule is CN1C(=O)C(C)(C)c2cc(S(=O)(=O)N3CCN(c4ccc(Cl)cc4)CC3)ccc21. The van der Waals surface area contributed by atoms with E-state index in [4.69, 9.17) is 11.6 Å². The van der Waals surface area contributed by atoms with Crippen LogP contribution in [-0.4, -0.2) is 51.9 Å². The van der Waals surface area contributed by atoms with Gasteiger partial charge in [-0.2, -0.15) is 4.31 Å². The fraction of sp³-hybridized carbons (Fsp3) is 0.381. The molecule has 154 valence electrons. The first-order chi connectivity index (χ1) is 13.6. The molecule has 2 aliphatic heterocycles. The van der Waals surface area contributed by atoms with Crippen molar-refractivity contribution in [2.75, 3.05) is 43.0 Å². The summed E-state index contributed by atoms with van der Waals surface area (Å²) in [7, 11) is -1.90. The Hall–Kier alpha value is -2.09. The summed E-state index contributed by atoms with van der Waals surface area (Å²) in [5.74, 6) is -0.0290. The van der Waals surface area contributed by atoms with Crippen molar-refractivity contribution >= 4 is 38.9 Å². The standard InChI is InChI=1S/C21H24ClN3O3S/c1-21(2)18-14-17(8-9-19(18)23(3)20(21)26)29(27,28)25-12-10-24(11-13-25)16-6-4-15(22)5-7-16/h4-9,14H,10-13H2,1-3H3. The second-order valence-electron chi connectivity index (χ2n) is 8.04. The van der Waals surface area contributed by atoms with Gasteiger partial charge in [0.2, 0.25) is 15.9 Å². The average Bonchev–Trinajstić information content (AvgIpc) is 2.89. The van der Waals surface area contributed by atoms with Gasteiger partial charge in [-0.1, -0.05) is 11.6 Å². The van der Waals surface area contributed by atoms with Crippen LogP contribution >= 0.6 is 11.6 Å². The number of amides is 1. The van der Waals surface area contributed by atoms with Crippen molar-refractivity contribution in [3.8, 4) is 0 Å². The summed E-state index contributed by atoms with van der Waals surface area (Å²) in [5, 5.41) is 0.679. The van der Waals surface area contributed by atoms with Crippen molar-refractivity contribution in [1.29, 1.82) is 0 Å². The smallest absolute Gasteiger partial charge is 0.243 e. The molecule has 0 unspecified atom stereocenters.